The number of anilines is 1. The summed E-state index contributed by atoms with van der Waals surface area (Å²) in [5.41, 5.74) is 4.13. The topological polar surface area (TPSA) is 106 Å². The Bertz CT molecular complexity index is 1670. The number of amides is 2. The second-order valence-electron chi connectivity index (χ2n) is 10.5. The van der Waals surface area contributed by atoms with Gasteiger partial charge in [0.25, 0.3) is 5.91 Å². The maximum absolute atomic E-state index is 13.4. The molecule has 0 spiro atoms. The largest absolute Gasteiger partial charge is 0.493 e. The summed E-state index contributed by atoms with van der Waals surface area (Å²) in [7, 11) is 0. The Labute approximate surface area is 276 Å². The van der Waals surface area contributed by atoms with Gasteiger partial charge in [-0.1, -0.05) is 53.0 Å². The molecule has 1 aromatic heterocycles. The van der Waals surface area contributed by atoms with Gasteiger partial charge in [-0.15, -0.1) is 0 Å². The minimum absolute atomic E-state index is 0.00113. The summed E-state index contributed by atoms with van der Waals surface area (Å²) in [6.45, 7) is 3.56. The number of para-hydroxylation sites is 1. The maximum atomic E-state index is 13.4. The van der Waals surface area contributed by atoms with E-state index in [2.05, 4.69) is 10.4 Å². The highest BCUT2D eigenvalue weighted by molar-refractivity contribution is 6.36. The minimum Gasteiger partial charge on any atom is -0.493 e. The smallest absolute Gasteiger partial charge is 0.251 e. The number of ether oxygens (including phenoxy) is 2. The number of carbonyl (C=O) groups excluding carboxylic acids is 2. The van der Waals surface area contributed by atoms with Crippen LogP contribution in [0.25, 0.3) is 11.1 Å². The molecule has 2 amide bonds. The standard InChI is InChI=1S/C33H33Cl3N4O5/c1-21-26(34)7-3-9-30(21)44-14-4-10-31(42)40-12-5-15-45-32-24(6-2-8-29(32)40)23-18-38-39(19-23)20-25-27(35)16-22(17-28(25)36)33(43)37-11-13-41/h2-3,6-9,16-19,41H,4-5,10-15,20H2,1H3,(H,37,43). The van der Waals surface area contributed by atoms with Crippen LogP contribution in [0.5, 0.6) is 11.5 Å². The summed E-state index contributed by atoms with van der Waals surface area (Å²) in [4.78, 5) is 27.5. The molecule has 45 heavy (non-hydrogen) atoms. The second-order valence-corrected chi connectivity index (χ2v) is 11.8. The first-order chi connectivity index (χ1) is 21.8. The van der Waals surface area contributed by atoms with E-state index in [0.29, 0.717) is 71.0 Å². The number of aromatic nitrogens is 2. The van der Waals surface area contributed by atoms with Gasteiger partial charge in [-0.2, -0.15) is 5.10 Å². The third-order valence-corrected chi connectivity index (χ3v) is 8.52. The molecule has 5 rings (SSSR count). The van der Waals surface area contributed by atoms with Crippen LogP contribution in [0.3, 0.4) is 0 Å². The first kappa shape index (κ1) is 32.6. The molecule has 0 atom stereocenters. The fourth-order valence-corrected chi connectivity index (χ4v) is 5.86. The molecule has 0 bridgehead atoms. The lowest BCUT2D eigenvalue weighted by Gasteiger charge is -2.23. The zero-order valence-corrected chi connectivity index (χ0v) is 27.0. The second kappa shape index (κ2) is 15.0. The third kappa shape index (κ3) is 7.73. The van der Waals surface area contributed by atoms with E-state index in [9.17, 15) is 9.59 Å². The summed E-state index contributed by atoms with van der Waals surface area (Å²) >= 11 is 19.2. The molecule has 1 aliphatic heterocycles. The van der Waals surface area contributed by atoms with Gasteiger partial charge in [0.2, 0.25) is 5.91 Å². The molecule has 0 saturated heterocycles. The van der Waals surface area contributed by atoms with Crippen molar-refractivity contribution in [2.24, 2.45) is 0 Å². The molecule has 4 aromatic rings. The zero-order valence-electron chi connectivity index (χ0n) is 24.7. The van der Waals surface area contributed by atoms with Crippen molar-refractivity contribution >= 4 is 52.3 Å². The van der Waals surface area contributed by atoms with Crippen LogP contribution < -0.4 is 19.7 Å². The van der Waals surface area contributed by atoms with Crippen LogP contribution in [0.4, 0.5) is 5.69 Å². The maximum Gasteiger partial charge on any atom is 0.251 e. The Kier molecular flexibility index (Phi) is 10.9. The first-order valence-corrected chi connectivity index (χ1v) is 15.7. The molecule has 12 heteroatoms. The van der Waals surface area contributed by atoms with E-state index in [0.717, 1.165) is 28.1 Å². The highest BCUT2D eigenvalue weighted by Gasteiger charge is 2.25. The fraction of sp³-hybridized carbons (Fsp3) is 0.303. The monoisotopic (exact) mass is 670 g/mol. The third-order valence-electron chi connectivity index (χ3n) is 7.43. The van der Waals surface area contributed by atoms with Crippen molar-refractivity contribution in [1.82, 2.24) is 15.1 Å². The van der Waals surface area contributed by atoms with Gasteiger partial charge in [0, 0.05) is 68.6 Å². The Morgan fingerprint density at radius 2 is 1.87 bits per heavy atom. The Balaban J connectivity index is 1.29. The summed E-state index contributed by atoms with van der Waals surface area (Å²) in [6, 6.07) is 14.4. The van der Waals surface area contributed by atoms with Crippen molar-refractivity contribution in [1.29, 1.82) is 0 Å². The van der Waals surface area contributed by atoms with Gasteiger partial charge >= 0.3 is 0 Å². The van der Waals surface area contributed by atoms with E-state index in [1.807, 2.05) is 49.5 Å². The summed E-state index contributed by atoms with van der Waals surface area (Å²) in [6.07, 6.45) is 5.17. The molecular formula is C33H33Cl3N4O5. The average Bonchev–Trinajstić information content (AvgIpc) is 3.38. The lowest BCUT2D eigenvalue weighted by Crippen LogP contribution is -2.31. The molecule has 0 aliphatic carbocycles. The van der Waals surface area contributed by atoms with Gasteiger partial charge in [-0.05, 0) is 50.1 Å². The molecule has 2 N–H and O–H groups in total. The van der Waals surface area contributed by atoms with Crippen LogP contribution in [-0.4, -0.2) is 59.6 Å². The van der Waals surface area contributed by atoms with E-state index in [1.165, 1.54) is 0 Å². The number of benzene rings is 3. The van der Waals surface area contributed by atoms with E-state index in [4.69, 9.17) is 49.4 Å². The number of carbonyl (C=O) groups is 2. The number of aliphatic hydroxyl groups excluding tert-OH is 1. The van der Waals surface area contributed by atoms with E-state index < -0.39 is 0 Å². The van der Waals surface area contributed by atoms with E-state index in [-0.39, 0.29) is 31.5 Å². The summed E-state index contributed by atoms with van der Waals surface area (Å²) < 4.78 is 13.8. The fourth-order valence-electron chi connectivity index (χ4n) is 5.09. The number of hydrogen-bond acceptors (Lipinski definition) is 6. The Morgan fingerprint density at radius 3 is 2.64 bits per heavy atom. The van der Waals surface area contributed by atoms with E-state index in [1.54, 1.807) is 27.9 Å². The Morgan fingerprint density at radius 1 is 1.09 bits per heavy atom. The predicted molar refractivity (Wildman–Crippen MR) is 176 cm³/mol. The molecule has 1 aliphatic rings. The molecule has 0 saturated carbocycles. The van der Waals surface area contributed by atoms with Crippen molar-refractivity contribution < 1.29 is 24.2 Å². The van der Waals surface area contributed by atoms with Crippen molar-refractivity contribution in [3.63, 3.8) is 0 Å². The van der Waals surface area contributed by atoms with Crippen molar-refractivity contribution in [2.45, 2.75) is 32.7 Å². The lowest BCUT2D eigenvalue weighted by atomic mass is 10.1. The van der Waals surface area contributed by atoms with Crippen LogP contribution in [0.2, 0.25) is 15.1 Å². The van der Waals surface area contributed by atoms with Crippen LogP contribution in [-0.2, 0) is 11.3 Å². The van der Waals surface area contributed by atoms with Gasteiger partial charge < -0.3 is 24.8 Å². The molecule has 2 heterocycles. The molecule has 236 valence electrons. The van der Waals surface area contributed by atoms with Crippen molar-refractivity contribution in [2.75, 3.05) is 37.8 Å². The van der Waals surface area contributed by atoms with Gasteiger partial charge in [0.05, 0.1) is 38.2 Å². The zero-order chi connectivity index (χ0) is 31.9. The lowest BCUT2D eigenvalue weighted by molar-refractivity contribution is -0.118. The summed E-state index contributed by atoms with van der Waals surface area (Å²) in [5, 5.41) is 17.4. The molecule has 0 radical (unpaired) electrons. The highest BCUT2D eigenvalue weighted by atomic mass is 35.5. The normalized spacial score (nSPS) is 12.7. The number of fused-ring (bicyclic) bond motifs is 1. The number of nitrogens with zero attached hydrogens (tertiary/aromatic N) is 3. The molecule has 0 unspecified atom stereocenters. The van der Waals surface area contributed by atoms with Gasteiger partial charge in [0.15, 0.2) is 5.75 Å². The first-order valence-electron chi connectivity index (χ1n) is 14.6. The number of rotatable bonds is 11. The van der Waals surface area contributed by atoms with E-state index >= 15 is 0 Å². The number of halogens is 3. The summed E-state index contributed by atoms with van der Waals surface area (Å²) in [5.74, 6) is 0.970. The van der Waals surface area contributed by atoms with Crippen LogP contribution in [0.1, 0.15) is 40.7 Å². The van der Waals surface area contributed by atoms with Gasteiger partial charge in [-0.3, -0.25) is 14.3 Å². The van der Waals surface area contributed by atoms with Crippen LogP contribution >= 0.6 is 34.8 Å². The number of aliphatic hydroxyl groups is 1. The SMILES string of the molecule is Cc1c(Cl)cccc1OCCCC(=O)N1CCCOc2c(-c3cnn(Cc4c(Cl)cc(C(=O)NCCO)cc4Cl)c3)cccc21. The Hall–Kier alpha value is -3.76. The van der Waals surface area contributed by atoms with Crippen molar-refractivity contribution in [3.8, 4) is 22.6 Å². The molecule has 0 fully saturated rings. The molecular weight excluding hydrogens is 639 g/mol. The predicted octanol–water partition coefficient (Wildman–Crippen LogP) is 6.56. The quantitative estimate of drug-likeness (QED) is 0.175. The van der Waals surface area contributed by atoms with Crippen molar-refractivity contribution in [3.05, 3.63) is 92.7 Å². The van der Waals surface area contributed by atoms with Gasteiger partial charge in [0.1, 0.15) is 5.75 Å². The minimum atomic E-state index is -0.376. The number of hydrogen-bond donors (Lipinski definition) is 2. The van der Waals surface area contributed by atoms with Crippen LogP contribution in [0, 0.1) is 6.92 Å². The average molecular weight is 672 g/mol. The van der Waals surface area contributed by atoms with Gasteiger partial charge in [-0.25, -0.2) is 0 Å². The molecule has 9 nitrogen and oxygen atoms in total. The highest BCUT2D eigenvalue weighted by Crippen LogP contribution is 2.40. The van der Waals surface area contributed by atoms with Crippen LogP contribution in [0.15, 0.2) is 60.9 Å². The molecule has 3 aromatic carbocycles. The number of nitrogens with one attached hydrogen (secondary N) is 1.